The number of hydrogen-bond donors (Lipinski definition) is 0. The number of rotatable bonds is 3. The van der Waals surface area contributed by atoms with Gasteiger partial charge < -0.3 is 4.57 Å². The Balaban J connectivity index is 2.22. The van der Waals surface area contributed by atoms with E-state index < -0.39 is 0 Å². The second kappa shape index (κ2) is 3.13. The highest BCUT2D eigenvalue weighted by molar-refractivity contribution is 5.02. The Bertz CT molecular complexity index is 286. The van der Waals surface area contributed by atoms with E-state index in [1.165, 1.54) is 12.8 Å². The van der Waals surface area contributed by atoms with Crippen molar-refractivity contribution in [1.29, 1.82) is 0 Å². The van der Waals surface area contributed by atoms with Crippen LogP contribution in [0.4, 0.5) is 0 Å². The van der Waals surface area contributed by atoms with Gasteiger partial charge in [-0.25, -0.2) is 0 Å². The normalized spacial score (nSPS) is 19.4. The molecule has 1 aromatic heterocycles. The Morgan fingerprint density at radius 1 is 1.38 bits per heavy atom. The van der Waals surface area contributed by atoms with E-state index in [2.05, 4.69) is 35.5 Å². The van der Waals surface area contributed by atoms with Crippen molar-refractivity contribution in [3.05, 3.63) is 12.2 Å². The van der Waals surface area contributed by atoms with E-state index >= 15 is 0 Å². The largest absolute Gasteiger partial charge is 0.315 e. The summed E-state index contributed by atoms with van der Waals surface area (Å²) in [6, 6.07) is 0.478. The molecule has 13 heavy (non-hydrogen) atoms. The van der Waals surface area contributed by atoms with E-state index in [0.717, 1.165) is 11.7 Å². The molecule has 3 heteroatoms. The summed E-state index contributed by atoms with van der Waals surface area (Å²) in [6.45, 7) is 6.61. The highest BCUT2D eigenvalue weighted by Crippen LogP contribution is 2.41. The van der Waals surface area contributed by atoms with E-state index in [4.69, 9.17) is 0 Å². The lowest BCUT2D eigenvalue weighted by Crippen LogP contribution is -2.09. The van der Waals surface area contributed by atoms with Gasteiger partial charge in [0.25, 0.3) is 0 Å². The minimum atomic E-state index is 0.478. The molecule has 0 aliphatic heterocycles. The molecule has 72 valence electrons. The Labute approximate surface area is 79.2 Å². The van der Waals surface area contributed by atoms with Gasteiger partial charge in [0.1, 0.15) is 12.2 Å². The highest BCUT2D eigenvalue weighted by atomic mass is 15.3. The molecule has 0 amide bonds. The van der Waals surface area contributed by atoms with Crippen LogP contribution < -0.4 is 0 Å². The Hall–Kier alpha value is -0.860. The number of nitrogens with zero attached hydrogens (tertiary/aromatic N) is 3. The molecule has 0 spiro atoms. The monoisotopic (exact) mass is 179 g/mol. The van der Waals surface area contributed by atoms with Crippen molar-refractivity contribution in [2.75, 3.05) is 0 Å². The molecule has 1 heterocycles. The van der Waals surface area contributed by atoms with Gasteiger partial charge in [-0.2, -0.15) is 0 Å². The fraction of sp³-hybridized carbons (Fsp3) is 0.800. The second-order valence-electron chi connectivity index (χ2n) is 4.32. The zero-order valence-electron chi connectivity index (χ0n) is 8.57. The molecule has 1 atom stereocenters. The first-order valence-electron chi connectivity index (χ1n) is 5.09. The van der Waals surface area contributed by atoms with E-state index in [0.29, 0.717) is 12.0 Å². The lowest BCUT2D eigenvalue weighted by Gasteiger charge is -2.14. The predicted molar refractivity (Wildman–Crippen MR) is 51.5 cm³/mol. The van der Waals surface area contributed by atoms with Crippen LogP contribution in [0.1, 0.15) is 51.4 Å². The molecule has 0 bridgehead atoms. The van der Waals surface area contributed by atoms with Crippen LogP contribution in [0, 0.1) is 5.92 Å². The summed E-state index contributed by atoms with van der Waals surface area (Å²) in [7, 11) is 0. The summed E-state index contributed by atoms with van der Waals surface area (Å²) in [4.78, 5) is 0. The first kappa shape index (κ1) is 8.73. The van der Waals surface area contributed by atoms with E-state index in [-0.39, 0.29) is 0 Å². The molecule has 1 unspecified atom stereocenters. The lowest BCUT2D eigenvalue weighted by molar-refractivity contribution is 0.514. The minimum Gasteiger partial charge on any atom is -0.315 e. The summed E-state index contributed by atoms with van der Waals surface area (Å²) >= 11 is 0. The third-order valence-electron chi connectivity index (χ3n) is 2.89. The van der Waals surface area contributed by atoms with E-state index in [1.807, 2.05) is 6.33 Å². The maximum atomic E-state index is 4.21. The van der Waals surface area contributed by atoms with Gasteiger partial charge in [0.2, 0.25) is 0 Å². The third kappa shape index (κ3) is 1.60. The summed E-state index contributed by atoms with van der Waals surface area (Å²) in [6.07, 6.45) is 4.58. The average Bonchev–Trinajstić information content (AvgIpc) is 2.80. The van der Waals surface area contributed by atoms with Crippen molar-refractivity contribution >= 4 is 0 Å². The predicted octanol–water partition coefficient (Wildman–Crippen LogP) is 2.37. The summed E-state index contributed by atoms with van der Waals surface area (Å²) < 4.78 is 2.18. The van der Waals surface area contributed by atoms with Crippen molar-refractivity contribution in [2.24, 2.45) is 5.92 Å². The molecule has 0 N–H and O–H groups in total. The molecule has 1 saturated carbocycles. The van der Waals surface area contributed by atoms with Crippen LogP contribution in [-0.2, 0) is 0 Å². The summed E-state index contributed by atoms with van der Waals surface area (Å²) in [5.74, 6) is 2.61. The SMILES string of the molecule is CC(c1nncn1C(C)C)C1CC1. The standard InChI is InChI=1S/C10H17N3/c1-7(2)13-6-11-12-10(13)8(3)9-4-5-9/h6-9H,4-5H2,1-3H3. The summed E-state index contributed by atoms with van der Waals surface area (Å²) in [5.41, 5.74) is 0. The van der Waals surface area contributed by atoms with Crippen molar-refractivity contribution in [3.63, 3.8) is 0 Å². The van der Waals surface area contributed by atoms with Crippen molar-refractivity contribution in [3.8, 4) is 0 Å². The molecule has 2 rings (SSSR count). The first-order chi connectivity index (χ1) is 6.20. The van der Waals surface area contributed by atoms with Crippen LogP contribution in [0.5, 0.6) is 0 Å². The molecular formula is C10H17N3. The van der Waals surface area contributed by atoms with Gasteiger partial charge in [0, 0.05) is 12.0 Å². The van der Waals surface area contributed by atoms with Crippen LogP contribution in [0.25, 0.3) is 0 Å². The number of hydrogen-bond acceptors (Lipinski definition) is 2. The smallest absolute Gasteiger partial charge is 0.136 e. The van der Waals surface area contributed by atoms with Crippen LogP contribution >= 0.6 is 0 Å². The maximum absolute atomic E-state index is 4.21. The van der Waals surface area contributed by atoms with Gasteiger partial charge in [-0.1, -0.05) is 6.92 Å². The van der Waals surface area contributed by atoms with Crippen LogP contribution in [0.2, 0.25) is 0 Å². The molecule has 0 radical (unpaired) electrons. The Kier molecular flexibility index (Phi) is 2.10. The van der Waals surface area contributed by atoms with E-state index in [9.17, 15) is 0 Å². The van der Waals surface area contributed by atoms with Crippen molar-refractivity contribution in [2.45, 2.75) is 45.6 Å². The molecule has 1 fully saturated rings. The summed E-state index contributed by atoms with van der Waals surface area (Å²) in [5, 5.41) is 8.20. The maximum Gasteiger partial charge on any atom is 0.136 e. The zero-order chi connectivity index (χ0) is 9.42. The second-order valence-corrected chi connectivity index (χ2v) is 4.32. The van der Waals surface area contributed by atoms with Gasteiger partial charge in [-0.05, 0) is 32.6 Å². The molecule has 0 aromatic carbocycles. The van der Waals surface area contributed by atoms with Gasteiger partial charge in [0.15, 0.2) is 0 Å². The fourth-order valence-corrected chi connectivity index (χ4v) is 1.78. The molecule has 1 aliphatic rings. The molecule has 1 aliphatic carbocycles. The van der Waals surface area contributed by atoms with Crippen molar-refractivity contribution in [1.82, 2.24) is 14.8 Å². The topological polar surface area (TPSA) is 30.7 Å². The highest BCUT2D eigenvalue weighted by Gasteiger charge is 2.32. The number of aromatic nitrogens is 3. The lowest BCUT2D eigenvalue weighted by atomic mass is 10.1. The van der Waals surface area contributed by atoms with Crippen molar-refractivity contribution < 1.29 is 0 Å². The van der Waals surface area contributed by atoms with Crippen LogP contribution in [0.3, 0.4) is 0 Å². The van der Waals surface area contributed by atoms with Gasteiger partial charge in [-0.3, -0.25) is 0 Å². The molecular weight excluding hydrogens is 162 g/mol. The zero-order valence-corrected chi connectivity index (χ0v) is 8.57. The van der Waals surface area contributed by atoms with Gasteiger partial charge >= 0.3 is 0 Å². The Morgan fingerprint density at radius 3 is 2.62 bits per heavy atom. The molecule has 1 aromatic rings. The van der Waals surface area contributed by atoms with Crippen LogP contribution in [0.15, 0.2) is 6.33 Å². The quantitative estimate of drug-likeness (QED) is 0.713. The first-order valence-corrected chi connectivity index (χ1v) is 5.09. The third-order valence-corrected chi connectivity index (χ3v) is 2.89. The fourth-order valence-electron chi connectivity index (χ4n) is 1.78. The molecule has 3 nitrogen and oxygen atoms in total. The minimum absolute atomic E-state index is 0.478. The molecule has 0 saturated heterocycles. The average molecular weight is 179 g/mol. The Morgan fingerprint density at radius 2 is 2.08 bits per heavy atom. The van der Waals surface area contributed by atoms with E-state index in [1.54, 1.807) is 0 Å². The van der Waals surface area contributed by atoms with Gasteiger partial charge in [-0.15, -0.1) is 10.2 Å². The van der Waals surface area contributed by atoms with Gasteiger partial charge in [0.05, 0.1) is 0 Å². The van der Waals surface area contributed by atoms with Crippen LogP contribution in [-0.4, -0.2) is 14.8 Å².